The maximum atomic E-state index is 12.1. The minimum absolute atomic E-state index is 0.0132. The molecule has 248 valence electrons. The van der Waals surface area contributed by atoms with Gasteiger partial charge in [0.1, 0.15) is 6.04 Å². The first-order valence-electron chi connectivity index (χ1n) is 14.5. The van der Waals surface area contributed by atoms with Crippen LogP contribution in [-0.2, 0) is 57.1 Å². The Morgan fingerprint density at radius 2 is 1.07 bits per heavy atom. The number of ether oxygens (including phenoxy) is 8. The van der Waals surface area contributed by atoms with Gasteiger partial charge in [-0.05, 0) is 19.3 Å². The van der Waals surface area contributed by atoms with E-state index >= 15 is 0 Å². The van der Waals surface area contributed by atoms with Gasteiger partial charge in [-0.2, -0.15) is 0 Å². The van der Waals surface area contributed by atoms with Gasteiger partial charge in [0.05, 0.1) is 99.1 Å². The highest BCUT2D eigenvalue weighted by molar-refractivity contribution is 6.12. The Morgan fingerprint density at radius 3 is 1.47 bits per heavy atom. The molecule has 15 heteroatoms. The quantitative estimate of drug-likeness (QED) is 0.0770. The molecule has 1 rings (SSSR count). The second-order valence-corrected chi connectivity index (χ2v) is 9.14. The minimum Gasteiger partial charge on any atom is -0.480 e. The van der Waals surface area contributed by atoms with Crippen molar-refractivity contribution >= 4 is 23.7 Å². The van der Waals surface area contributed by atoms with Gasteiger partial charge in [-0.1, -0.05) is 0 Å². The molecule has 0 radical (unpaired) electrons. The predicted molar refractivity (Wildman–Crippen MR) is 152 cm³/mol. The minimum atomic E-state index is -1.14. The van der Waals surface area contributed by atoms with Crippen molar-refractivity contribution in [2.75, 3.05) is 113 Å². The van der Waals surface area contributed by atoms with Crippen molar-refractivity contribution in [3.63, 3.8) is 0 Å². The standard InChI is InChI=1S/C28H48N2O13/c1-36-10-11-38-14-15-40-18-19-42-22-23-43-21-20-41-17-16-39-13-12-37-9-7-25(31)29-24(28(34)35)4-2-3-8-30-26(32)5-6-27(30)33/h5-6,24H,2-4,7-23H2,1H3,(H,29,31)(H,34,35)/t24-/m0/s1. The van der Waals surface area contributed by atoms with Crippen LogP contribution in [0.15, 0.2) is 12.2 Å². The number of carboxylic acid groups (broad SMARTS) is 1. The lowest BCUT2D eigenvalue weighted by molar-refractivity contribution is -0.142. The van der Waals surface area contributed by atoms with Gasteiger partial charge in [0.15, 0.2) is 0 Å². The van der Waals surface area contributed by atoms with Crippen LogP contribution in [0.3, 0.4) is 0 Å². The number of methoxy groups -OCH3 is 1. The van der Waals surface area contributed by atoms with Gasteiger partial charge in [-0.3, -0.25) is 19.3 Å². The largest absolute Gasteiger partial charge is 0.480 e. The Hall–Kier alpha value is -2.50. The number of nitrogens with zero attached hydrogens (tertiary/aromatic N) is 1. The van der Waals surface area contributed by atoms with Crippen LogP contribution in [0.2, 0.25) is 0 Å². The molecular formula is C28H48N2O13. The highest BCUT2D eigenvalue weighted by Crippen LogP contribution is 2.08. The fraction of sp³-hybridized carbons (Fsp3) is 0.786. The molecule has 1 aliphatic heterocycles. The zero-order chi connectivity index (χ0) is 31.4. The summed E-state index contributed by atoms with van der Waals surface area (Å²) in [6.07, 6.45) is 3.48. The Balaban J connectivity index is 1.84. The summed E-state index contributed by atoms with van der Waals surface area (Å²) in [6, 6.07) is -1.05. The molecule has 43 heavy (non-hydrogen) atoms. The number of carbonyl (C=O) groups excluding carboxylic acids is 3. The Morgan fingerprint density at radius 1 is 0.674 bits per heavy atom. The molecule has 0 aromatic rings. The number of hydrogen-bond donors (Lipinski definition) is 2. The summed E-state index contributed by atoms with van der Waals surface area (Å²) in [7, 11) is 1.63. The van der Waals surface area contributed by atoms with Gasteiger partial charge in [-0.15, -0.1) is 0 Å². The zero-order valence-corrected chi connectivity index (χ0v) is 25.2. The van der Waals surface area contributed by atoms with Gasteiger partial charge in [0.25, 0.3) is 11.8 Å². The van der Waals surface area contributed by atoms with Crippen LogP contribution in [0, 0.1) is 0 Å². The number of amides is 3. The fourth-order valence-corrected chi connectivity index (χ4v) is 3.52. The molecule has 3 amide bonds. The van der Waals surface area contributed by atoms with Gasteiger partial charge in [0, 0.05) is 32.2 Å². The van der Waals surface area contributed by atoms with Crippen molar-refractivity contribution in [1.29, 1.82) is 0 Å². The van der Waals surface area contributed by atoms with E-state index in [-0.39, 0.29) is 44.4 Å². The van der Waals surface area contributed by atoms with Gasteiger partial charge < -0.3 is 48.3 Å². The van der Waals surface area contributed by atoms with E-state index in [1.165, 1.54) is 12.2 Å². The van der Waals surface area contributed by atoms with Crippen molar-refractivity contribution in [3.8, 4) is 0 Å². The number of imide groups is 1. The van der Waals surface area contributed by atoms with Crippen LogP contribution in [0.5, 0.6) is 0 Å². The summed E-state index contributed by atoms with van der Waals surface area (Å²) in [5.41, 5.74) is 0. The topological polar surface area (TPSA) is 178 Å². The summed E-state index contributed by atoms with van der Waals surface area (Å²) in [5.74, 6) is -2.33. The van der Waals surface area contributed by atoms with Crippen molar-refractivity contribution < 1.29 is 62.2 Å². The summed E-state index contributed by atoms with van der Waals surface area (Å²) >= 11 is 0. The number of rotatable bonds is 31. The van der Waals surface area contributed by atoms with Gasteiger partial charge in [-0.25, -0.2) is 4.79 Å². The molecule has 1 atom stereocenters. The third kappa shape index (κ3) is 21.8. The van der Waals surface area contributed by atoms with E-state index in [0.29, 0.717) is 98.7 Å². The van der Waals surface area contributed by atoms with E-state index < -0.39 is 17.9 Å². The first-order valence-corrected chi connectivity index (χ1v) is 14.5. The van der Waals surface area contributed by atoms with E-state index in [0.717, 1.165) is 4.90 Å². The fourth-order valence-electron chi connectivity index (χ4n) is 3.52. The normalized spacial score (nSPS) is 13.7. The molecule has 0 unspecified atom stereocenters. The van der Waals surface area contributed by atoms with Crippen molar-refractivity contribution in [3.05, 3.63) is 12.2 Å². The molecule has 0 aliphatic carbocycles. The zero-order valence-electron chi connectivity index (χ0n) is 25.2. The highest BCUT2D eigenvalue weighted by atomic mass is 16.6. The van der Waals surface area contributed by atoms with Crippen molar-refractivity contribution in [1.82, 2.24) is 10.2 Å². The number of carboxylic acids is 1. The van der Waals surface area contributed by atoms with Crippen molar-refractivity contribution in [2.24, 2.45) is 0 Å². The lowest BCUT2D eigenvalue weighted by Crippen LogP contribution is -2.41. The molecular weight excluding hydrogens is 572 g/mol. The third-order valence-electron chi connectivity index (χ3n) is 5.80. The van der Waals surface area contributed by atoms with E-state index in [2.05, 4.69) is 5.32 Å². The molecule has 2 N–H and O–H groups in total. The molecule has 0 spiro atoms. The number of carbonyl (C=O) groups is 4. The SMILES string of the molecule is COCCOCCOCCOCCOCCOCCOCCOCCC(=O)N[C@@H](CCCCN1C(=O)C=CC1=O)C(=O)O. The van der Waals surface area contributed by atoms with Gasteiger partial charge >= 0.3 is 5.97 Å². The number of hydrogen-bond acceptors (Lipinski definition) is 12. The monoisotopic (exact) mass is 620 g/mol. The first-order chi connectivity index (χ1) is 21.0. The molecule has 0 saturated heterocycles. The predicted octanol–water partition coefficient (Wildman–Crippen LogP) is -0.196. The summed E-state index contributed by atoms with van der Waals surface area (Å²) in [5, 5.41) is 11.8. The molecule has 0 bridgehead atoms. The molecule has 0 aromatic heterocycles. The summed E-state index contributed by atoms with van der Waals surface area (Å²) in [4.78, 5) is 47.7. The lowest BCUT2D eigenvalue weighted by Gasteiger charge is -2.16. The summed E-state index contributed by atoms with van der Waals surface area (Å²) in [6.45, 7) is 6.76. The third-order valence-corrected chi connectivity index (χ3v) is 5.80. The Bertz CT molecular complexity index is 779. The first kappa shape index (κ1) is 38.5. The van der Waals surface area contributed by atoms with Gasteiger partial charge in [0.2, 0.25) is 5.91 Å². The lowest BCUT2D eigenvalue weighted by atomic mass is 10.1. The van der Waals surface area contributed by atoms with Crippen LogP contribution < -0.4 is 5.32 Å². The molecule has 0 aromatic carbocycles. The molecule has 1 aliphatic rings. The second kappa shape index (κ2) is 27.1. The summed E-state index contributed by atoms with van der Waals surface area (Å²) < 4.78 is 42.5. The van der Waals surface area contributed by atoms with E-state index in [1.54, 1.807) is 7.11 Å². The van der Waals surface area contributed by atoms with E-state index in [4.69, 9.17) is 37.9 Å². The Labute approximate surface area is 253 Å². The van der Waals surface area contributed by atoms with E-state index in [1.807, 2.05) is 0 Å². The Kier molecular flexibility index (Phi) is 24.3. The molecule has 1 heterocycles. The van der Waals surface area contributed by atoms with Crippen LogP contribution in [-0.4, -0.2) is 152 Å². The van der Waals surface area contributed by atoms with Crippen molar-refractivity contribution in [2.45, 2.75) is 31.7 Å². The van der Waals surface area contributed by atoms with E-state index in [9.17, 15) is 24.3 Å². The van der Waals surface area contributed by atoms with Crippen LogP contribution in [0.25, 0.3) is 0 Å². The molecule has 15 nitrogen and oxygen atoms in total. The second-order valence-electron chi connectivity index (χ2n) is 9.14. The highest BCUT2D eigenvalue weighted by Gasteiger charge is 2.23. The maximum absolute atomic E-state index is 12.1. The number of unbranched alkanes of at least 4 members (excludes halogenated alkanes) is 1. The maximum Gasteiger partial charge on any atom is 0.326 e. The van der Waals surface area contributed by atoms with Crippen LogP contribution >= 0.6 is 0 Å². The average molecular weight is 621 g/mol. The smallest absolute Gasteiger partial charge is 0.326 e. The van der Waals surface area contributed by atoms with Crippen LogP contribution in [0.4, 0.5) is 0 Å². The number of aliphatic carboxylic acids is 1. The number of nitrogens with one attached hydrogen (secondary N) is 1. The molecule has 0 saturated carbocycles. The molecule has 0 fully saturated rings. The van der Waals surface area contributed by atoms with Crippen LogP contribution in [0.1, 0.15) is 25.7 Å². The average Bonchev–Trinajstić information content (AvgIpc) is 3.31.